The highest BCUT2D eigenvalue weighted by atomic mass is 16.5. The summed E-state index contributed by atoms with van der Waals surface area (Å²) in [4.78, 5) is 9.19. The van der Waals surface area contributed by atoms with E-state index in [1.165, 1.54) is 5.56 Å². The van der Waals surface area contributed by atoms with E-state index in [0.29, 0.717) is 18.5 Å². The maximum absolute atomic E-state index is 6.06. The van der Waals surface area contributed by atoms with E-state index in [1.807, 2.05) is 7.05 Å². The Morgan fingerprint density at radius 2 is 2.04 bits per heavy atom. The number of rotatable bonds is 8. The van der Waals surface area contributed by atoms with Gasteiger partial charge in [-0.2, -0.15) is 0 Å². The van der Waals surface area contributed by atoms with Crippen LogP contribution in [0.4, 0.5) is 0 Å². The minimum absolute atomic E-state index is 0.492. The molecule has 0 aromatic heterocycles. The van der Waals surface area contributed by atoms with E-state index >= 15 is 0 Å². The van der Waals surface area contributed by atoms with Crippen LogP contribution in [0.3, 0.4) is 0 Å². The quantitative estimate of drug-likeness (QED) is 0.528. The summed E-state index contributed by atoms with van der Waals surface area (Å²) in [7, 11) is 6.20. The van der Waals surface area contributed by atoms with Crippen molar-refractivity contribution >= 4 is 5.96 Å². The van der Waals surface area contributed by atoms with E-state index < -0.39 is 0 Å². The van der Waals surface area contributed by atoms with E-state index in [4.69, 9.17) is 4.74 Å². The number of benzene rings is 1. The molecule has 158 valence electrons. The van der Waals surface area contributed by atoms with Crippen molar-refractivity contribution in [2.75, 3.05) is 53.9 Å². The summed E-state index contributed by atoms with van der Waals surface area (Å²) >= 11 is 0. The number of guanidine groups is 1. The van der Waals surface area contributed by atoms with Crippen LogP contribution in [0.25, 0.3) is 0 Å². The molecule has 0 aliphatic carbocycles. The zero-order valence-electron chi connectivity index (χ0n) is 18.6. The minimum atomic E-state index is 0.492. The largest absolute Gasteiger partial charge is 0.493 e. The minimum Gasteiger partial charge on any atom is -0.493 e. The molecule has 0 amide bonds. The first-order valence-corrected chi connectivity index (χ1v) is 10.4. The monoisotopic (exact) mass is 389 g/mol. The number of nitrogens with one attached hydrogen (secondary N) is 2. The first-order valence-electron chi connectivity index (χ1n) is 10.4. The summed E-state index contributed by atoms with van der Waals surface area (Å²) in [5, 5.41) is 6.92. The van der Waals surface area contributed by atoms with E-state index in [9.17, 15) is 0 Å². The zero-order valence-corrected chi connectivity index (χ0v) is 18.6. The Labute approximate surface area is 171 Å². The molecular weight excluding hydrogens is 350 g/mol. The van der Waals surface area contributed by atoms with Gasteiger partial charge in [-0.1, -0.05) is 26.0 Å². The molecule has 0 radical (unpaired) electrons. The summed E-state index contributed by atoms with van der Waals surface area (Å²) in [5.74, 6) is 2.44. The second-order valence-corrected chi connectivity index (χ2v) is 8.35. The topological polar surface area (TPSA) is 52.1 Å². The van der Waals surface area contributed by atoms with Gasteiger partial charge in [-0.05, 0) is 45.0 Å². The Bertz CT molecular complexity index is 631. The van der Waals surface area contributed by atoms with Crippen molar-refractivity contribution in [3.05, 3.63) is 29.3 Å². The van der Waals surface area contributed by atoms with Crippen molar-refractivity contribution in [2.45, 2.75) is 39.8 Å². The standard InChI is InChI=1S/C22H39N5O/c1-17(2)9-12-28-21-13-18(3)7-8-19(21)14-24-22(23-4)25-15-20-16-26(5)10-11-27(20)6/h7-8,13,17,20H,9-12,14-16H2,1-6H3,(H2,23,24,25). The van der Waals surface area contributed by atoms with Crippen molar-refractivity contribution in [3.8, 4) is 5.75 Å². The van der Waals surface area contributed by atoms with Gasteiger partial charge in [0.05, 0.1) is 6.61 Å². The highest BCUT2D eigenvalue weighted by Crippen LogP contribution is 2.21. The van der Waals surface area contributed by atoms with Gasteiger partial charge in [0, 0.05) is 51.4 Å². The lowest BCUT2D eigenvalue weighted by atomic mass is 10.1. The van der Waals surface area contributed by atoms with E-state index in [0.717, 1.165) is 56.5 Å². The number of ether oxygens (including phenoxy) is 1. The first-order chi connectivity index (χ1) is 13.4. The number of aryl methyl sites for hydroxylation is 1. The first kappa shape index (κ1) is 22.5. The molecule has 1 atom stereocenters. The molecule has 0 bridgehead atoms. The van der Waals surface area contributed by atoms with Crippen LogP contribution in [-0.4, -0.2) is 75.7 Å². The summed E-state index contributed by atoms with van der Waals surface area (Å²) < 4.78 is 6.06. The molecule has 0 spiro atoms. The Balaban J connectivity index is 1.88. The van der Waals surface area contributed by atoms with Crippen LogP contribution in [-0.2, 0) is 6.54 Å². The lowest BCUT2D eigenvalue weighted by Gasteiger charge is -2.37. The summed E-state index contributed by atoms with van der Waals surface area (Å²) in [5.41, 5.74) is 2.38. The Morgan fingerprint density at radius 1 is 1.25 bits per heavy atom. The molecule has 1 aromatic carbocycles. The summed E-state index contributed by atoms with van der Waals surface area (Å²) in [6.07, 6.45) is 1.06. The average molecular weight is 390 g/mol. The van der Waals surface area contributed by atoms with E-state index in [1.54, 1.807) is 0 Å². The van der Waals surface area contributed by atoms with Crippen molar-refractivity contribution in [2.24, 2.45) is 10.9 Å². The van der Waals surface area contributed by atoms with Crippen molar-refractivity contribution in [3.63, 3.8) is 0 Å². The predicted octanol–water partition coefficient (Wildman–Crippen LogP) is 2.33. The Morgan fingerprint density at radius 3 is 2.75 bits per heavy atom. The molecule has 1 saturated heterocycles. The smallest absolute Gasteiger partial charge is 0.191 e. The van der Waals surface area contributed by atoms with Gasteiger partial charge in [-0.15, -0.1) is 0 Å². The molecule has 0 saturated carbocycles. The second kappa shape index (κ2) is 11.3. The molecule has 2 N–H and O–H groups in total. The average Bonchev–Trinajstić information content (AvgIpc) is 2.65. The van der Waals surface area contributed by atoms with Gasteiger partial charge in [0.15, 0.2) is 5.96 Å². The van der Waals surface area contributed by atoms with Crippen molar-refractivity contribution in [1.82, 2.24) is 20.4 Å². The fourth-order valence-electron chi connectivity index (χ4n) is 3.28. The molecule has 1 heterocycles. The second-order valence-electron chi connectivity index (χ2n) is 8.35. The van der Waals surface area contributed by atoms with Crippen LogP contribution in [0, 0.1) is 12.8 Å². The van der Waals surface area contributed by atoms with Crippen molar-refractivity contribution < 1.29 is 4.74 Å². The van der Waals surface area contributed by atoms with Gasteiger partial charge < -0.3 is 20.3 Å². The number of nitrogens with zero attached hydrogens (tertiary/aromatic N) is 3. The Kier molecular flexibility index (Phi) is 9.06. The van der Waals surface area contributed by atoms with Gasteiger partial charge in [0.2, 0.25) is 0 Å². The number of piperazine rings is 1. The van der Waals surface area contributed by atoms with Crippen molar-refractivity contribution in [1.29, 1.82) is 0 Å². The van der Waals surface area contributed by atoms with Crippen LogP contribution < -0.4 is 15.4 Å². The maximum Gasteiger partial charge on any atom is 0.191 e. The van der Waals surface area contributed by atoms with Crippen LogP contribution in [0.1, 0.15) is 31.4 Å². The third kappa shape index (κ3) is 7.32. The van der Waals surface area contributed by atoms with Gasteiger partial charge in [-0.3, -0.25) is 9.89 Å². The predicted molar refractivity (Wildman–Crippen MR) is 118 cm³/mol. The Hall–Kier alpha value is -1.79. The highest BCUT2D eigenvalue weighted by molar-refractivity contribution is 5.79. The van der Waals surface area contributed by atoms with Gasteiger partial charge >= 0.3 is 0 Å². The molecule has 1 fully saturated rings. The number of hydrogen-bond donors (Lipinski definition) is 2. The molecule has 1 aliphatic rings. The number of aliphatic imine (C=N–C) groups is 1. The van der Waals surface area contributed by atoms with Crippen LogP contribution in [0.5, 0.6) is 5.75 Å². The molecular formula is C22H39N5O. The van der Waals surface area contributed by atoms with Crippen LogP contribution in [0.15, 0.2) is 23.2 Å². The molecule has 1 aromatic rings. The van der Waals surface area contributed by atoms with E-state index in [2.05, 4.69) is 78.5 Å². The maximum atomic E-state index is 6.06. The van der Waals surface area contributed by atoms with Gasteiger partial charge in [0.25, 0.3) is 0 Å². The summed E-state index contributed by atoms with van der Waals surface area (Å²) in [6, 6.07) is 6.89. The molecule has 6 nitrogen and oxygen atoms in total. The molecule has 28 heavy (non-hydrogen) atoms. The third-order valence-corrected chi connectivity index (χ3v) is 5.33. The van der Waals surface area contributed by atoms with Crippen LogP contribution >= 0.6 is 0 Å². The van der Waals surface area contributed by atoms with Crippen LogP contribution in [0.2, 0.25) is 0 Å². The fourth-order valence-corrected chi connectivity index (χ4v) is 3.28. The number of likely N-dealkylation sites (N-methyl/N-ethyl adjacent to an activating group) is 2. The van der Waals surface area contributed by atoms with Gasteiger partial charge in [0.1, 0.15) is 5.75 Å². The summed E-state index contributed by atoms with van der Waals surface area (Å²) in [6.45, 7) is 12.2. The fraction of sp³-hybridized carbons (Fsp3) is 0.682. The molecule has 1 aliphatic heterocycles. The molecule has 1 unspecified atom stereocenters. The highest BCUT2D eigenvalue weighted by Gasteiger charge is 2.22. The normalized spacial score (nSPS) is 19.1. The lowest BCUT2D eigenvalue weighted by molar-refractivity contribution is 0.116. The lowest BCUT2D eigenvalue weighted by Crippen LogP contribution is -2.55. The zero-order chi connectivity index (χ0) is 20.5. The molecule has 2 rings (SSSR count). The SMILES string of the molecule is CN=C(NCc1ccc(C)cc1OCCC(C)C)NCC1CN(C)CCN1C. The van der Waals surface area contributed by atoms with E-state index in [-0.39, 0.29) is 0 Å². The molecule has 6 heteroatoms. The van der Waals surface area contributed by atoms with Gasteiger partial charge in [-0.25, -0.2) is 0 Å². The third-order valence-electron chi connectivity index (χ3n) is 5.33. The number of hydrogen-bond acceptors (Lipinski definition) is 4.